The largest absolute Gasteiger partial charge is 0.444 e. The Morgan fingerprint density at radius 1 is 1.41 bits per heavy atom. The van der Waals surface area contributed by atoms with Gasteiger partial charge in [-0.15, -0.1) is 11.8 Å². The van der Waals surface area contributed by atoms with Gasteiger partial charge in [0.05, 0.1) is 24.9 Å². The molecule has 2 heterocycles. The number of aromatic nitrogens is 2. The number of likely N-dealkylation sites (tertiary alicyclic amines) is 1. The second-order valence-corrected chi connectivity index (χ2v) is 6.96. The molecule has 0 radical (unpaired) electrons. The topological polar surface area (TPSA) is 64.6 Å². The number of ether oxygens (including phenoxy) is 2. The van der Waals surface area contributed by atoms with E-state index in [9.17, 15) is 4.79 Å². The third-order valence-corrected chi connectivity index (χ3v) is 3.91. The van der Waals surface area contributed by atoms with Gasteiger partial charge >= 0.3 is 6.09 Å². The third-order valence-electron chi connectivity index (χ3n) is 3.18. The average Bonchev–Trinajstić information content (AvgIpc) is 2.92. The molecule has 0 unspecified atom stereocenters. The number of hydrogen-bond donors (Lipinski definition) is 0. The van der Waals surface area contributed by atoms with Crippen LogP contribution in [0.2, 0.25) is 0 Å². The molecule has 1 fully saturated rings. The van der Waals surface area contributed by atoms with E-state index in [1.165, 1.54) is 0 Å². The lowest BCUT2D eigenvalue weighted by Gasteiger charge is -2.24. The van der Waals surface area contributed by atoms with Crippen molar-refractivity contribution in [2.24, 2.45) is 0 Å². The number of carbonyl (C=O) groups is 1. The molecule has 1 aromatic rings. The molecule has 1 aliphatic heterocycles. The Morgan fingerprint density at radius 2 is 2.14 bits per heavy atom. The SMILES string of the molecule is CSc1nccnc1CO[C@@H]1CCN(C(=O)OC(C)(C)C)C1. The molecule has 1 aromatic heterocycles. The fourth-order valence-electron chi connectivity index (χ4n) is 2.18. The molecule has 0 saturated carbocycles. The standard InChI is InChI=1S/C15H23N3O3S/c1-15(2,3)21-14(19)18-8-5-11(9-18)20-10-12-13(22-4)17-7-6-16-12/h6-7,11H,5,8-10H2,1-4H3/t11-/m1/s1. The molecule has 0 spiro atoms. The normalized spacial score (nSPS) is 18.5. The van der Waals surface area contributed by atoms with Crippen LogP contribution in [0.25, 0.3) is 0 Å². The molecule has 1 saturated heterocycles. The summed E-state index contributed by atoms with van der Waals surface area (Å²) in [5.41, 5.74) is 0.369. The molecule has 2 rings (SSSR count). The van der Waals surface area contributed by atoms with Gasteiger partial charge in [-0.05, 0) is 33.4 Å². The van der Waals surface area contributed by atoms with Crippen molar-refractivity contribution in [2.45, 2.75) is 50.5 Å². The predicted octanol–water partition coefficient (Wildman–Crippen LogP) is 2.72. The molecule has 1 aliphatic rings. The summed E-state index contributed by atoms with van der Waals surface area (Å²) in [7, 11) is 0. The molecule has 0 N–H and O–H groups in total. The lowest BCUT2D eigenvalue weighted by Crippen LogP contribution is -2.36. The third kappa shape index (κ3) is 4.84. The zero-order chi connectivity index (χ0) is 16.2. The number of nitrogens with zero attached hydrogens (tertiary/aromatic N) is 3. The Kier molecular flexibility index (Phi) is 5.63. The van der Waals surface area contributed by atoms with Gasteiger partial charge in [0.1, 0.15) is 10.6 Å². The first-order chi connectivity index (χ1) is 10.4. The fourth-order valence-corrected chi connectivity index (χ4v) is 2.69. The van der Waals surface area contributed by atoms with Crippen molar-refractivity contribution in [3.63, 3.8) is 0 Å². The van der Waals surface area contributed by atoms with Gasteiger partial charge in [0.15, 0.2) is 0 Å². The molecule has 6 nitrogen and oxygen atoms in total. The van der Waals surface area contributed by atoms with E-state index in [4.69, 9.17) is 9.47 Å². The van der Waals surface area contributed by atoms with E-state index in [0.29, 0.717) is 19.7 Å². The highest BCUT2D eigenvalue weighted by atomic mass is 32.2. The number of carbonyl (C=O) groups excluding carboxylic acids is 1. The van der Waals surface area contributed by atoms with Crippen molar-refractivity contribution in [3.8, 4) is 0 Å². The maximum atomic E-state index is 12.0. The summed E-state index contributed by atoms with van der Waals surface area (Å²) < 4.78 is 11.3. The Bertz CT molecular complexity index is 519. The number of rotatable bonds is 4. The molecule has 22 heavy (non-hydrogen) atoms. The summed E-state index contributed by atoms with van der Waals surface area (Å²) in [6.07, 6.45) is 5.86. The van der Waals surface area contributed by atoms with Crippen LogP contribution in [0, 0.1) is 0 Å². The van der Waals surface area contributed by atoms with Crippen LogP contribution in [0.5, 0.6) is 0 Å². The van der Waals surface area contributed by atoms with Crippen LogP contribution >= 0.6 is 11.8 Å². The fraction of sp³-hybridized carbons (Fsp3) is 0.667. The Balaban J connectivity index is 1.83. The van der Waals surface area contributed by atoms with Crippen LogP contribution in [0.4, 0.5) is 4.79 Å². The molecule has 0 bridgehead atoms. The van der Waals surface area contributed by atoms with Gasteiger partial charge in [-0.2, -0.15) is 0 Å². The number of amides is 1. The minimum Gasteiger partial charge on any atom is -0.444 e. The van der Waals surface area contributed by atoms with E-state index < -0.39 is 5.60 Å². The summed E-state index contributed by atoms with van der Waals surface area (Å²) in [6.45, 7) is 7.24. The molecule has 0 aliphatic carbocycles. The van der Waals surface area contributed by atoms with Crippen LogP contribution in [-0.2, 0) is 16.1 Å². The summed E-state index contributed by atoms with van der Waals surface area (Å²) in [6, 6.07) is 0. The van der Waals surface area contributed by atoms with E-state index in [-0.39, 0.29) is 12.2 Å². The molecule has 1 atom stereocenters. The summed E-state index contributed by atoms with van der Waals surface area (Å²) >= 11 is 1.55. The molecular weight excluding hydrogens is 302 g/mol. The highest BCUT2D eigenvalue weighted by molar-refractivity contribution is 7.98. The van der Waals surface area contributed by atoms with Crippen LogP contribution in [0.1, 0.15) is 32.9 Å². The second kappa shape index (κ2) is 7.28. The Hall–Kier alpha value is -1.34. The molecular formula is C15H23N3O3S. The van der Waals surface area contributed by atoms with Crippen molar-refractivity contribution in [1.82, 2.24) is 14.9 Å². The monoisotopic (exact) mass is 325 g/mol. The zero-order valence-corrected chi connectivity index (χ0v) is 14.4. The van der Waals surface area contributed by atoms with E-state index in [1.807, 2.05) is 27.0 Å². The van der Waals surface area contributed by atoms with Crippen molar-refractivity contribution in [1.29, 1.82) is 0 Å². The van der Waals surface area contributed by atoms with Crippen LogP contribution < -0.4 is 0 Å². The zero-order valence-electron chi connectivity index (χ0n) is 13.5. The summed E-state index contributed by atoms with van der Waals surface area (Å²) in [5, 5.41) is 0.879. The van der Waals surface area contributed by atoms with Crippen LogP contribution in [0.15, 0.2) is 17.4 Å². The Morgan fingerprint density at radius 3 is 2.82 bits per heavy atom. The maximum Gasteiger partial charge on any atom is 0.410 e. The number of hydrogen-bond acceptors (Lipinski definition) is 6. The van der Waals surface area contributed by atoms with Crippen LogP contribution in [-0.4, -0.2) is 52.0 Å². The van der Waals surface area contributed by atoms with E-state index in [2.05, 4.69) is 9.97 Å². The average molecular weight is 325 g/mol. The smallest absolute Gasteiger partial charge is 0.410 e. The summed E-state index contributed by atoms with van der Waals surface area (Å²) in [4.78, 5) is 22.3. The lowest BCUT2D eigenvalue weighted by atomic mass is 10.2. The van der Waals surface area contributed by atoms with Gasteiger partial charge in [0, 0.05) is 18.9 Å². The van der Waals surface area contributed by atoms with Crippen LogP contribution in [0.3, 0.4) is 0 Å². The molecule has 1 amide bonds. The van der Waals surface area contributed by atoms with Gasteiger partial charge in [0.25, 0.3) is 0 Å². The lowest BCUT2D eigenvalue weighted by molar-refractivity contribution is 0.0175. The molecule has 7 heteroatoms. The predicted molar refractivity (Wildman–Crippen MR) is 84.8 cm³/mol. The quantitative estimate of drug-likeness (QED) is 0.793. The van der Waals surface area contributed by atoms with E-state index in [1.54, 1.807) is 29.1 Å². The maximum absolute atomic E-state index is 12.0. The summed E-state index contributed by atoms with van der Waals surface area (Å²) in [5.74, 6) is 0. The molecule has 0 aromatic carbocycles. The van der Waals surface area contributed by atoms with E-state index in [0.717, 1.165) is 17.1 Å². The first kappa shape index (κ1) is 17.0. The minimum atomic E-state index is -0.469. The van der Waals surface area contributed by atoms with Gasteiger partial charge in [0.2, 0.25) is 0 Å². The van der Waals surface area contributed by atoms with E-state index >= 15 is 0 Å². The first-order valence-corrected chi connectivity index (χ1v) is 8.55. The highest BCUT2D eigenvalue weighted by Gasteiger charge is 2.30. The van der Waals surface area contributed by atoms with Gasteiger partial charge in [-0.25, -0.2) is 9.78 Å². The number of thioether (sulfide) groups is 1. The van der Waals surface area contributed by atoms with Gasteiger partial charge < -0.3 is 14.4 Å². The van der Waals surface area contributed by atoms with Gasteiger partial charge in [-0.3, -0.25) is 4.98 Å². The van der Waals surface area contributed by atoms with Crippen molar-refractivity contribution < 1.29 is 14.3 Å². The highest BCUT2D eigenvalue weighted by Crippen LogP contribution is 2.20. The van der Waals surface area contributed by atoms with Crippen molar-refractivity contribution in [3.05, 3.63) is 18.1 Å². The molecule has 122 valence electrons. The van der Waals surface area contributed by atoms with Crippen molar-refractivity contribution >= 4 is 17.9 Å². The van der Waals surface area contributed by atoms with Crippen molar-refractivity contribution in [2.75, 3.05) is 19.3 Å². The second-order valence-electron chi connectivity index (χ2n) is 6.16. The van der Waals surface area contributed by atoms with Gasteiger partial charge in [-0.1, -0.05) is 0 Å². The first-order valence-electron chi connectivity index (χ1n) is 7.32. The Labute approximate surface area is 135 Å². The minimum absolute atomic E-state index is 0.0178.